The second kappa shape index (κ2) is 7.93. The molecule has 6 nitrogen and oxygen atoms in total. The van der Waals surface area contributed by atoms with Crippen molar-refractivity contribution in [2.24, 2.45) is 0 Å². The maximum absolute atomic E-state index is 12.6. The fourth-order valence-corrected chi connectivity index (χ4v) is 4.81. The normalized spacial score (nSPS) is 17.5. The molecule has 2 aliphatic heterocycles. The highest BCUT2D eigenvalue weighted by Crippen LogP contribution is 2.23. The van der Waals surface area contributed by atoms with Crippen molar-refractivity contribution in [2.75, 3.05) is 29.4 Å². The standard InChI is InChI=1S/C21H25N3O3S/c25-21-4-3-15-24(21)19-9-11-20(12-10-19)28(26,27)22-16-17-5-7-18(8-6-17)23-13-1-2-14-23/h5-12,22H,1-4,13-16H2. The molecule has 2 heterocycles. The molecule has 148 valence electrons. The first kappa shape index (κ1) is 19.0. The number of amides is 1. The van der Waals surface area contributed by atoms with Crippen LogP contribution in [0, 0.1) is 0 Å². The van der Waals surface area contributed by atoms with Crippen molar-refractivity contribution < 1.29 is 13.2 Å². The molecule has 7 heteroatoms. The summed E-state index contributed by atoms with van der Waals surface area (Å²) in [6, 6.07) is 14.6. The number of benzene rings is 2. The first-order valence-electron chi connectivity index (χ1n) is 9.77. The minimum Gasteiger partial charge on any atom is -0.372 e. The van der Waals surface area contributed by atoms with Gasteiger partial charge in [0.05, 0.1) is 4.90 Å². The Morgan fingerprint density at radius 1 is 0.821 bits per heavy atom. The lowest BCUT2D eigenvalue weighted by Gasteiger charge is -2.18. The van der Waals surface area contributed by atoms with Crippen LogP contribution in [0.1, 0.15) is 31.2 Å². The average Bonchev–Trinajstić information content (AvgIpc) is 3.39. The second-order valence-electron chi connectivity index (χ2n) is 7.33. The van der Waals surface area contributed by atoms with Crippen molar-refractivity contribution in [1.29, 1.82) is 0 Å². The molecule has 2 saturated heterocycles. The van der Waals surface area contributed by atoms with Crippen LogP contribution in [0.5, 0.6) is 0 Å². The SMILES string of the molecule is O=C1CCCN1c1ccc(S(=O)(=O)NCc2ccc(N3CCCC3)cc2)cc1. The van der Waals surface area contributed by atoms with E-state index in [1.54, 1.807) is 29.2 Å². The molecule has 0 unspecified atom stereocenters. The molecule has 0 aliphatic carbocycles. The molecular formula is C21H25N3O3S. The summed E-state index contributed by atoms with van der Waals surface area (Å²) in [5.41, 5.74) is 2.86. The molecule has 1 N–H and O–H groups in total. The van der Waals surface area contributed by atoms with Crippen LogP contribution in [0.2, 0.25) is 0 Å². The van der Waals surface area contributed by atoms with Crippen LogP contribution in [0.4, 0.5) is 11.4 Å². The van der Waals surface area contributed by atoms with Crippen LogP contribution in [0.15, 0.2) is 53.4 Å². The highest BCUT2D eigenvalue weighted by atomic mass is 32.2. The van der Waals surface area contributed by atoms with E-state index >= 15 is 0 Å². The predicted octanol–water partition coefficient (Wildman–Crippen LogP) is 2.89. The van der Waals surface area contributed by atoms with E-state index in [0.717, 1.165) is 30.8 Å². The van der Waals surface area contributed by atoms with E-state index in [4.69, 9.17) is 0 Å². The number of anilines is 2. The number of hydrogen-bond donors (Lipinski definition) is 1. The van der Waals surface area contributed by atoms with Gasteiger partial charge in [-0.05, 0) is 61.2 Å². The zero-order chi connectivity index (χ0) is 19.6. The molecule has 2 aliphatic rings. The summed E-state index contributed by atoms with van der Waals surface area (Å²) < 4.78 is 27.8. The fraction of sp³-hybridized carbons (Fsp3) is 0.381. The van der Waals surface area contributed by atoms with Gasteiger partial charge in [0.2, 0.25) is 15.9 Å². The van der Waals surface area contributed by atoms with Crippen LogP contribution in [0.25, 0.3) is 0 Å². The zero-order valence-electron chi connectivity index (χ0n) is 15.8. The summed E-state index contributed by atoms with van der Waals surface area (Å²) in [5, 5.41) is 0. The van der Waals surface area contributed by atoms with Gasteiger partial charge in [-0.1, -0.05) is 12.1 Å². The van der Waals surface area contributed by atoms with Gasteiger partial charge in [-0.3, -0.25) is 4.79 Å². The maximum atomic E-state index is 12.6. The van der Waals surface area contributed by atoms with E-state index in [9.17, 15) is 13.2 Å². The fourth-order valence-electron chi connectivity index (χ4n) is 3.79. The minimum absolute atomic E-state index is 0.0890. The molecule has 28 heavy (non-hydrogen) atoms. The van der Waals surface area contributed by atoms with Gasteiger partial charge in [0.25, 0.3) is 0 Å². The van der Waals surface area contributed by atoms with Gasteiger partial charge < -0.3 is 9.80 Å². The Labute approximate surface area is 166 Å². The minimum atomic E-state index is -3.60. The van der Waals surface area contributed by atoms with E-state index < -0.39 is 10.0 Å². The quantitative estimate of drug-likeness (QED) is 0.811. The lowest BCUT2D eigenvalue weighted by Crippen LogP contribution is -2.25. The number of rotatable bonds is 6. The number of carbonyl (C=O) groups excluding carboxylic acids is 1. The average molecular weight is 400 g/mol. The Bertz CT molecular complexity index is 934. The Morgan fingerprint density at radius 2 is 1.46 bits per heavy atom. The highest BCUT2D eigenvalue weighted by Gasteiger charge is 2.22. The van der Waals surface area contributed by atoms with E-state index in [2.05, 4.69) is 21.8 Å². The highest BCUT2D eigenvalue weighted by molar-refractivity contribution is 7.89. The lowest BCUT2D eigenvalue weighted by atomic mass is 10.2. The molecule has 1 amide bonds. The van der Waals surface area contributed by atoms with Crippen LogP contribution >= 0.6 is 0 Å². The monoisotopic (exact) mass is 399 g/mol. The number of nitrogens with one attached hydrogen (secondary N) is 1. The van der Waals surface area contributed by atoms with Gasteiger partial charge in [-0.25, -0.2) is 13.1 Å². The van der Waals surface area contributed by atoms with Crippen LogP contribution in [-0.4, -0.2) is 34.0 Å². The molecule has 0 spiro atoms. The Balaban J connectivity index is 1.39. The van der Waals surface area contributed by atoms with E-state index in [-0.39, 0.29) is 17.3 Å². The van der Waals surface area contributed by atoms with Crippen molar-refractivity contribution in [3.05, 3.63) is 54.1 Å². The van der Waals surface area contributed by atoms with Gasteiger partial charge in [0.15, 0.2) is 0 Å². The summed E-state index contributed by atoms with van der Waals surface area (Å²) in [6.45, 7) is 3.11. The molecule has 4 rings (SSSR count). The Morgan fingerprint density at radius 3 is 2.07 bits per heavy atom. The number of carbonyl (C=O) groups is 1. The van der Waals surface area contributed by atoms with Crippen LogP contribution < -0.4 is 14.5 Å². The van der Waals surface area contributed by atoms with E-state index in [1.807, 2.05) is 12.1 Å². The molecule has 0 bridgehead atoms. The maximum Gasteiger partial charge on any atom is 0.240 e. The lowest BCUT2D eigenvalue weighted by molar-refractivity contribution is -0.117. The third kappa shape index (κ3) is 4.05. The van der Waals surface area contributed by atoms with E-state index in [1.165, 1.54) is 18.5 Å². The molecule has 2 aromatic rings. The number of sulfonamides is 1. The number of hydrogen-bond acceptors (Lipinski definition) is 4. The van der Waals surface area contributed by atoms with Crippen LogP contribution in [0.3, 0.4) is 0 Å². The molecule has 2 fully saturated rings. The summed E-state index contributed by atoms with van der Waals surface area (Å²) in [6.07, 6.45) is 3.85. The molecule has 0 saturated carbocycles. The van der Waals surface area contributed by atoms with Crippen molar-refractivity contribution in [3.63, 3.8) is 0 Å². The number of nitrogens with zero attached hydrogens (tertiary/aromatic N) is 2. The summed E-state index contributed by atoms with van der Waals surface area (Å²) >= 11 is 0. The Kier molecular flexibility index (Phi) is 5.37. The van der Waals surface area contributed by atoms with Gasteiger partial charge in [0.1, 0.15) is 0 Å². The third-order valence-electron chi connectivity index (χ3n) is 5.41. The van der Waals surface area contributed by atoms with Gasteiger partial charge in [-0.2, -0.15) is 0 Å². The first-order valence-corrected chi connectivity index (χ1v) is 11.3. The molecule has 0 atom stereocenters. The Hall–Kier alpha value is -2.38. The molecule has 0 radical (unpaired) electrons. The van der Waals surface area contributed by atoms with Crippen molar-refractivity contribution in [2.45, 2.75) is 37.1 Å². The molecular weight excluding hydrogens is 374 g/mol. The van der Waals surface area contributed by atoms with Crippen molar-refractivity contribution in [1.82, 2.24) is 4.72 Å². The first-order chi connectivity index (χ1) is 13.5. The molecule has 2 aromatic carbocycles. The molecule has 0 aromatic heterocycles. The van der Waals surface area contributed by atoms with Crippen molar-refractivity contribution in [3.8, 4) is 0 Å². The summed E-state index contributed by atoms with van der Waals surface area (Å²) in [4.78, 5) is 16.1. The van der Waals surface area contributed by atoms with Gasteiger partial charge in [0, 0.05) is 44.0 Å². The van der Waals surface area contributed by atoms with Crippen molar-refractivity contribution >= 4 is 27.3 Å². The largest absolute Gasteiger partial charge is 0.372 e. The topological polar surface area (TPSA) is 69.7 Å². The smallest absolute Gasteiger partial charge is 0.240 e. The van der Waals surface area contributed by atoms with Gasteiger partial charge in [-0.15, -0.1) is 0 Å². The third-order valence-corrected chi connectivity index (χ3v) is 6.82. The summed E-state index contributed by atoms with van der Waals surface area (Å²) in [7, 11) is -3.60. The zero-order valence-corrected chi connectivity index (χ0v) is 16.6. The predicted molar refractivity (Wildman–Crippen MR) is 110 cm³/mol. The van der Waals surface area contributed by atoms with Crippen LogP contribution in [-0.2, 0) is 21.4 Å². The van der Waals surface area contributed by atoms with E-state index in [0.29, 0.717) is 13.0 Å². The summed E-state index contributed by atoms with van der Waals surface area (Å²) in [5.74, 6) is 0.0890. The second-order valence-corrected chi connectivity index (χ2v) is 9.09. The van der Waals surface area contributed by atoms with Gasteiger partial charge >= 0.3 is 0 Å².